The Morgan fingerprint density at radius 2 is 1.88 bits per heavy atom. The fourth-order valence-electron chi connectivity index (χ4n) is 1.87. The second-order valence-corrected chi connectivity index (χ2v) is 4.55. The van der Waals surface area contributed by atoms with Crippen LogP contribution in [0.3, 0.4) is 0 Å². The first-order valence-corrected chi connectivity index (χ1v) is 5.99. The summed E-state index contributed by atoms with van der Waals surface area (Å²) in [5.41, 5.74) is 0.920. The minimum absolute atomic E-state index is 0.220. The van der Waals surface area contributed by atoms with E-state index in [9.17, 15) is 4.39 Å². The molecule has 0 amide bonds. The van der Waals surface area contributed by atoms with E-state index in [1.165, 1.54) is 25.0 Å². The molecule has 1 saturated carbocycles. The molecule has 0 bridgehead atoms. The molecule has 0 aliphatic heterocycles. The largest absolute Gasteiger partial charge is 0.455 e. The normalized spacial score (nSPS) is 15.1. The lowest BCUT2D eigenvalue weighted by Crippen LogP contribution is -2.84. The van der Waals surface area contributed by atoms with Gasteiger partial charge in [0.25, 0.3) is 0 Å². The number of hydrogen-bond donors (Lipinski definition) is 1. The standard InChI is InChI=1S/C14H14FNO/c15-11-3-1-10(2-4-11)14-8-7-13(17-14)9-16-12-5-6-12/h1-4,7-8,12,16H,5-6,9H2/p+1. The van der Waals surface area contributed by atoms with Crippen molar-refractivity contribution in [2.45, 2.75) is 25.4 Å². The molecule has 2 N–H and O–H groups in total. The average Bonchev–Trinajstić information content (AvgIpc) is 3.06. The third kappa shape index (κ3) is 2.56. The van der Waals surface area contributed by atoms with Crippen LogP contribution in [0.2, 0.25) is 0 Å². The molecule has 1 heterocycles. The summed E-state index contributed by atoms with van der Waals surface area (Å²) >= 11 is 0. The van der Waals surface area contributed by atoms with E-state index in [-0.39, 0.29) is 5.82 Å². The molecule has 1 fully saturated rings. The van der Waals surface area contributed by atoms with Crippen molar-refractivity contribution in [3.8, 4) is 11.3 Å². The van der Waals surface area contributed by atoms with Gasteiger partial charge in [-0.05, 0) is 36.4 Å². The molecule has 1 aromatic carbocycles. The van der Waals surface area contributed by atoms with Crippen LogP contribution < -0.4 is 5.32 Å². The summed E-state index contributed by atoms with van der Waals surface area (Å²) in [6, 6.07) is 11.1. The molecule has 0 unspecified atom stereocenters. The van der Waals surface area contributed by atoms with Crippen LogP contribution in [0.4, 0.5) is 4.39 Å². The average molecular weight is 232 g/mol. The summed E-state index contributed by atoms with van der Waals surface area (Å²) in [6.45, 7) is 0.895. The van der Waals surface area contributed by atoms with Gasteiger partial charge in [0.05, 0.1) is 6.04 Å². The number of hydrogen-bond acceptors (Lipinski definition) is 1. The number of nitrogens with two attached hydrogens (primary N) is 1. The topological polar surface area (TPSA) is 29.8 Å². The molecule has 2 nitrogen and oxygen atoms in total. The van der Waals surface area contributed by atoms with E-state index in [2.05, 4.69) is 5.32 Å². The molecule has 1 aliphatic rings. The predicted octanol–water partition coefficient (Wildman–Crippen LogP) is 2.31. The van der Waals surface area contributed by atoms with E-state index in [4.69, 9.17) is 4.42 Å². The van der Waals surface area contributed by atoms with E-state index in [0.717, 1.165) is 29.7 Å². The summed E-state index contributed by atoms with van der Waals surface area (Å²) < 4.78 is 18.5. The van der Waals surface area contributed by atoms with E-state index < -0.39 is 0 Å². The summed E-state index contributed by atoms with van der Waals surface area (Å²) in [6.07, 6.45) is 2.65. The summed E-state index contributed by atoms with van der Waals surface area (Å²) in [7, 11) is 0. The highest BCUT2D eigenvalue weighted by Gasteiger charge is 2.25. The number of benzene rings is 1. The number of halogens is 1. The fraction of sp³-hybridized carbons (Fsp3) is 0.286. The minimum Gasteiger partial charge on any atom is -0.455 e. The minimum atomic E-state index is -0.220. The third-order valence-corrected chi connectivity index (χ3v) is 3.06. The van der Waals surface area contributed by atoms with Crippen LogP contribution in [-0.4, -0.2) is 6.04 Å². The van der Waals surface area contributed by atoms with Crippen molar-refractivity contribution in [1.82, 2.24) is 0 Å². The lowest BCUT2D eigenvalue weighted by Gasteiger charge is -1.97. The van der Waals surface area contributed by atoms with Gasteiger partial charge in [-0.3, -0.25) is 0 Å². The molecule has 0 atom stereocenters. The van der Waals surface area contributed by atoms with Gasteiger partial charge in [0.1, 0.15) is 18.1 Å². The maximum atomic E-state index is 12.8. The van der Waals surface area contributed by atoms with Crippen LogP contribution in [0.25, 0.3) is 11.3 Å². The van der Waals surface area contributed by atoms with Gasteiger partial charge < -0.3 is 9.73 Å². The highest BCUT2D eigenvalue weighted by Crippen LogP contribution is 2.22. The summed E-state index contributed by atoms with van der Waals surface area (Å²) in [5.74, 6) is 1.57. The van der Waals surface area contributed by atoms with Gasteiger partial charge in [-0.25, -0.2) is 4.39 Å². The first-order valence-electron chi connectivity index (χ1n) is 5.99. The SMILES string of the molecule is Fc1ccc(-c2ccc(C[NH2+]C3CC3)o2)cc1. The molecule has 0 radical (unpaired) electrons. The zero-order valence-electron chi connectivity index (χ0n) is 9.53. The van der Waals surface area contributed by atoms with E-state index in [0.29, 0.717) is 0 Å². The molecule has 88 valence electrons. The quantitative estimate of drug-likeness (QED) is 0.861. The third-order valence-electron chi connectivity index (χ3n) is 3.06. The van der Waals surface area contributed by atoms with Crippen molar-refractivity contribution < 1.29 is 14.1 Å². The van der Waals surface area contributed by atoms with Gasteiger partial charge in [0.15, 0.2) is 5.76 Å². The van der Waals surface area contributed by atoms with Crippen molar-refractivity contribution in [2.24, 2.45) is 0 Å². The van der Waals surface area contributed by atoms with Crippen molar-refractivity contribution in [3.63, 3.8) is 0 Å². The molecule has 3 rings (SSSR count). The highest BCUT2D eigenvalue weighted by atomic mass is 19.1. The Hall–Kier alpha value is -1.61. The van der Waals surface area contributed by atoms with Crippen LogP contribution >= 0.6 is 0 Å². The lowest BCUT2D eigenvalue weighted by atomic mass is 10.2. The van der Waals surface area contributed by atoms with Gasteiger partial charge in [-0.15, -0.1) is 0 Å². The number of furan rings is 1. The molecule has 17 heavy (non-hydrogen) atoms. The molecule has 2 aromatic rings. The van der Waals surface area contributed by atoms with E-state index in [1.807, 2.05) is 12.1 Å². The summed E-state index contributed by atoms with van der Waals surface area (Å²) in [4.78, 5) is 0. The number of quaternary nitrogens is 1. The van der Waals surface area contributed by atoms with Gasteiger partial charge >= 0.3 is 0 Å². The van der Waals surface area contributed by atoms with Crippen molar-refractivity contribution in [2.75, 3.05) is 0 Å². The Morgan fingerprint density at radius 1 is 1.12 bits per heavy atom. The molecular weight excluding hydrogens is 217 g/mol. The van der Waals surface area contributed by atoms with Crippen LogP contribution in [-0.2, 0) is 6.54 Å². The lowest BCUT2D eigenvalue weighted by molar-refractivity contribution is -0.685. The first-order chi connectivity index (χ1) is 8.31. The predicted molar refractivity (Wildman–Crippen MR) is 62.8 cm³/mol. The maximum absolute atomic E-state index is 12.8. The molecule has 1 aliphatic carbocycles. The monoisotopic (exact) mass is 232 g/mol. The number of rotatable bonds is 4. The van der Waals surface area contributed by atoms with Crippen LogP contribution in [0.1, 0.15) is 18.6 Å². The zero-order valence-corrected chi connectivity index (χ0v) is 9.53. The Bertz CT molecular complexity index is 499. The van der Waals surface area contributed by atoms with Crippen LogP contribution in [0.15, 0.2) is 40.8 Å². The first kappa shape index (κ1) is 10.5. The Morgan fingerprint density at radius 3 is 2.59 bits per heavy atom. The van der Waals surface area contributed by atoms with E-state index >= 15 is 0 Å². The Balaban J connectivity index is 1.72. The molecule has 1 aromatic heterocycles. The fourth-order valence-corrected chi connectivity index (χ4v) is 1.87. The van der Waals surface area contributed by atoms with Gasteiger partial charge in [-0.1, -0.05) is 0 Å². The zero-order chi connectivity index (χ0) is 11.7. The Kier molecular flexibility index (Phi) is 2.69. The maximum Gasteiger partial charge on any atom is 0.158 e. The summed E-state index contributed by atoms with van der Waals surface area (Å²) in [5, 5.41) is 2.31. The van der Waals surface area contributed by atoms with Gasteiger partial charge in [-0.2, -0.15) is 0 Å². The molecule has 0 saturated heterocycles. The van der Waals surface area contributed by atoms with Gasteiger partial charge in [0.2, 0.25) is 0 Å². The van der Waals surface area contributed by atoms with Crippen LogP contribution in [0, 0.1) is 5.82 Å². The molecule has 3 heteroatoms. The van der Waals surface area contributed by atoms with Crippen molar-refractivity contribution in [3.05, 3.63) is 48.0 Å². The highest BCUT2D eigenvalue weighted by molar-refractivity contribution is 5.57. The van der Waals surface area contributed by atoms with E-state index in [1.54, 1.807) is 12.1 Å². The Labute approximate surface area is 99.5 Å². The van der Waals surface area contributed by atoms with Crippen molar-refractivity contribution >= 4 is 0 Å². The smallest absolute Gasteiger partial charge is 0.158 e. The van der Waals surface area contributed by atoms with Crippen LogP contribution in [0.5, 0.6) is 0 Å². The second kappa shape index (κ2) is 4.34. The molecular formula is C14H15FNO+. The van der Waals surface area contributed by atoms with Gasteiger partial charge in [0, 0.05) is 18.4 Å². The van der Waals surface area contributed by atoms with Crippen molar-refractivity contribution in [1.29, 1.82) is 0 Å². The second-order valence-electron chi connectivity index (χ2n) is 4.55. The molecule has 0 spiro atoms.